The quantitative estimate of drug-likeness (QED) is 0.408. The number of aromatic nitrogens is 1. The molecule has 10 heteroatoms. The maximum absolute atomic E-state index is 13.4. The molecule has 3 atom stereocenters. The molecule has 3 aliphatic heterocycles. The molecular weight excluding hydrogens is 676 g/mol. The lowest BCUT2D eigenvalue weighted by Gasteiger charge is -2.39. The van der Waals surface area contributed by atoms with E-state index < -0.39 is 6.23 Å². The van der Waals surface area contributed by atoms with Crippen LogP contribution in [0.5, 0.6) is 0 Å². The molecule has 0 bridgehead atoms. The zero-order chi connectivity index (χ0) is 27.8. The Morgan fingerprint density at radius 1 is 1.10 bits per heavy atom. The lowest BCUT2D eigenvalue weighted by atomic mass is 9.76. The zero-order valence-corrected chi connectivity index (χ0v) is 27.4. The Kier molecular flexibility index (Phi) is 9.48. The number of carbonyl (C=O) groups excluding carboxylic acids is 1. The van der Waals surface area contributed by atoms with Crippen molar-refractivity contribution in [2.75, 3.05) is 37.8 Å². The van der Waals surface area contributed by atoms with Crippen LogP contribution in [-0.4, -0.2) is 75.9 Å². The molecule has 1 aromatic heterocycles. The number of hydrogen-bond acceptors (Lipinski definition) is 6. The molecule has 1 unspecified atom stereocenters. The molecule has 6 nitrogen and oxygen atoms in total. The number of aliphatic hydroxyl groups excluding tert-OH is 1. The van der Waals surface area contributed by atoms with Crippen LogP contribution in [0.1, 0.15) is 60.4 Å². The number of nitrogens with one attached hydrogen (secondary N) is 1. The van der Waals surface area contributed by atoms with Gasteiger partial charge >= 0.3 is 0 Å². The molecule has 216 valence electrons. The lowest BCUT2D eigenvalue weighted by Crippen LogP contribution is -2.51. The first-order valence-electron chi connectivity index (χ1n) is 14.5. The molecule has 6 rings (SSSR count). The Morgan fingerprint density at radius 3 is 2.58 bits per heavy atom. The number of pyridine rings is 1. The number of benzene rings is 1. The molecule has 4 heterocycles. The Hall–Kier alpha value is -0.680. The van der Waals surface area contributed by atoms with Gasteiger partial charge in [-0.05, 0) is 101 Å². The van der Waals surface area contributed by atoms with E-state index in [9.17, 15) is 9.90 Å². The van der Waals surface area contributed by atoms with Crippen LogP contribution in [0, 0.1) is 11.8 Å². The standard InChI is InChI=1S/C30H37Br2ClN4O2S/c31-22-12-21-2-1-20-13-23(33)14-24(32)27(20)28(29(21)34-15-22)19-5-9-36(10-6-19)26(38)11-18-3-7-37(8-4-18)30(39)25-16-40-17-35-25/h12-15,18-19,25,28,30,35,39H,1-11,16-17H2/t25?,28-,30-/m1/s1. The van der Waals surface area contributed by atoms with Gasteiger partial charge in [0.05, 0.1) is 11.7 Å². The second-order valence-electron chi connectivity index (χ2n) is 11.8. The first kappa shape index (κ1) is 29.4. The van der Waals surface area contributed by atoms with Crippen molar-refractivity contribution in [3.63, 3.8) is 0 Å². The average molecular weight is 713 g/mol. The fourth-order valence-electron chi connectivity index (χ4n) is 7.17. The average Bonchev–Trinajstić information content (AvgIpc) is 3.44. The monoisotopic (exact) mass is 710 g/mol. The molecule has 0 radical (unpaired) electrons. The second kappa shape index (κ2) is 12.9. The van der Waals surface area contributed by atoms with E-state index in [0.29, 0.717) is 24.2 Å². The van der Waals surface area contributed by atoms with Crippen LogP contribution in [0.2, 0.25) is 5.02 Å². The second-order valence-corrected chi connectivity index (χ2v) is 15.0. The van der Waals surface area contributed by atoms with Gasteiger partial charge in [0, 0.05) is 70.3 Å². The van der Waals surface area contributed by atoms with Gasteiger partial charge in [0.1, 0.15) is 6.23 Å². The molecule has 0 saturated carbocycles. The molecule has 0 spiro atoms. The van der Waals surface area contributed by atoms with E-state index in [0.717, 1.165) is 90.3 Å². The van der Waals surface area contributed by atoms with Crippen LogP contribution in [0.15, 0.2) is 33.3 Å². The van der Waals surface area contributed by atoms with Crippen molar-refractivity contribution in [3.05, 3.63) is 60.7 Å². The van der Waals surface area contributed by atoms with E-state index in [1.54, 1.807) is 0 Å². The van der Waals surface area contributed by atoms with E-state index in [4.69, 9.17) is 16.6 Å². The van der Waals surface area contributed by atoms with Crippen molar-refractivity contribution < 1.29 is 9.90 Å². The summed E-state index contributed by atoms with van der Waals surface area (Å²) in [4.78, 5) is 22.6. The summed E-state index contributed by atoms with van der Waals surface area (Å²) < 4.78 is 2.08. The fraction of sp³-hybridized carbons (Fsp3) is 0.600. The van der Waals surface area contributed by atoms with E-state index in [1.165, 1.54) is 22.4 Å². The highest BCUT2D eigenvalue weighted by atomic mass is 79.9. The Labute approximate surface area is 263 Å². The van der Waals surface area contributed by atoms with Gasteiger partial charge in [-0.3, -0.25) is 14.7 Å². The minimum atomic E-state index is -0.420. The van der Waals surface area contributed by atoms with Crippen LogP contribution in [0.25, 0.3) is 0 Å². The Morgan fingerprint density at radius 2 is 1.85 bits per heavy atom. The number of hydrogen-bond donors (Lipinski definition) is 2. The number of rotatable bonds is 5. The number of fused-ring (bicyclic) bond motifs is 2. The van der Waals surface area contributed by atoms with Crippen LogP contribution >= 0.6 is 55.2 Å². The summed E-state index contributed by atoms with van der Waals surface area (Å²) in [5, 5.41) is 14.9. The predicted molar refractivity (Wildman–Crippen MR) is 169 cm³/mol. The number of likely N-dealkylation sites (tertiary alicyclic amines) is 2. The van der Waals surface area contributed by atoms with Gasteiger partial charge in [-0.15, -0.1) is 11.8 Å². The summed E-state index contributed by atoms with van der Waals surface area (Å²) in [7, 11) is 0. The Bertz CT molecular complexity index is 1230. The predicted octanol–water partition coefficient (Wildman–Crippen LogP) is 5.81. The zero-order valence-electron chi connectivity index (χ0n) is 22.6. The first-order valence-corrected chi connectivity index (χ1v) is 17.6. The topological polar surface area (TPSA) is 68.7 Å². The number of nitrogens with zero attached hydrogens (tertiary/aromatic N) is 3. The summed E-state index contributed by atoms with van der Waals surface area (Å²) in [6.45, 7) is 3.34. The van der Waals surface area contributed by atoms with Gasteiger partial charge in [0.15, 0.2) is 0 Å². The number of aliphatic hydroxyl groups is 1. The first-order chi connectivity index (χ1) is 19.4. The van der Waals surface area contributed by atoms with Crippen molar-refractivity contribution in [2.45, 2.75) is 63.1 Å². The normalized spacial score (nSPS) is 25.4. The molecule has 3 fully saturated rings. The number of thioether (sulfide) groups is 1. The number of amides is 1. The van der Waals surface area contributed by atoms with Gasteiger partial charge in [-0.25, -0.2) is 0 Å². The van der Waals surface area contributed by atoms with Gasteiger partial charge < -0.3 is 15.3 Å². The number of carbonyl (C=O) groups is 1. The number of halogens is 3. The highest BCUT2D eigenvalue weighted by molar-refractivity contribution is 9.10. The smallest absolute Gasteiger partial charge is 0.222 e. The van der Waals surface area contributed by atoms with E-state index >= 15 is 0 Å². The minimum Gasteiger partial charge on any atom is -0.377 e. The molecule has 2 N–H and O–H groups in total. The van der Waals surface area contributed by atoms with Crippen LogP contribution < -0.4 is 5.32 Å². The van der Waals surface area contributed by atoms with E-state index in [-0.39, 0.29) is 12.0 Å². The van der Waals surface area contributed by atoms with E-state index in [1.807, 2.05) is 24.0 Å². The summed E-state index contributed by atoms with van der Waals surface area (Å²) in [6, 6.07) is 6.53. The summed E-state index contributed by atoms with van der Waals surface area (Å²) >= 11 is 15.8. The molecule has 40 heavy (non-hydrogen) atoms. The van der Waals surface area contributed by atoms with Gasteiger partial charge in [0.2, 0.25) is 5.91 Å². The Balaban J connectivity index is 1.09. The SMILES string of the molecule is O=C(CC1CCN([C@H](O)C2CSCN2)CC1)N1CCC([C@H]2c3ncc(Br)cc3CCc3cc(Cl)cc(Br)c32)CC1. The molecular formula is C30H37Br2ClN4O2S. The van der Waals surface area contributed by atoms with Gasteiger partial charge in [-0.2, -0.15) is 0 Å². The number of piperidine rings is 2. The van der Waals surface area contributed by atoms with Crippen molar-refractivity contribution >= 4 is 61.1 Å². The molecule has 1 amide bonds. The molecule has 2 aromatic rings. The van der Waals surface area contributed by atoms with Crippen LogP contribution in [-0.2, 0) is 17.6 Å². The highest BCUT2D eigenvalue weighted by Crippen LogP contribution is 2.46. The minimum absolute atomic E-state index is 0.159. The highest BCUT2D eigenvalue weighted by Gasteiger charge is 2.37. The lowest BCUT2D eigenvalue weighted by molar-refractivity contribution is -0.134. The third-order valence-corrected chi connectivity index (χ3v) is 11.6. The molecule has 4 aliphatic rings. The summed E-state index contributed by atoms with van der Waals surface area (Å²) in [5.41, 5.74) is 5.10. The van der Waals surface area contributed by atoms with Crippen molar-refractivity contribution in [2.24, 2.45) is 11.8 Å². The van der Waals surface area contributed by atoms with Crippen LogP contribution in [0.4, 0.5) is 0 Å². The summed E-state index contributed by atoms with van der Waals surface area (Å²) in [6.07, 6.45) is 7.92. The van der Waals surface area contributed by atoms with Crippen molar-refractivity contribution in [1.29, 1.82) is 0 Å². The molecule has 1 aliphatic carbocycles. The maximum atomic E-state index is 13.4. The number of aryl methyl sites for hydroxylation is 2. The van der Waals surface area contributed by atoms with Crippen molar-refractivity contribution in [3.8, 4) is 0 Å². The van der Waals surface area contributed by atoms with Crippen LogP contribution in [0.3, 0.4) is 0 Å². The third-order valence-electron chi connectivity index (χ3n) is 9.37. The molecule has 1 aromatic carbocycles. The third kappa shape index (κ3) is 6.31. The van der Waals surface area contributed by atoms with Gasteiger partial charge in [-0.1, -0.05) is 27.5 Å². The van der Waals surface area contributed by atoms with Gasteiger partial charge in [0.25, 0.3) is 0 Å². The maximum Gasteiger partial charge on any atom is 0.222 e. The van der Waals surface area contributed by atoms with E-state index in [2.05, 4.69) is 59.1 Å². The largest absolute Gasteiger partial charge is 0.377 e. The van der Waals surface area contributed by atoms with Crippen molar-refractivity contribution in [1.82, 2.24) is 20.1 Å². The summed E-state index contributed by atoms with van der Waals surface area (Å²) in [5.74, 6) is 3.19. The fourth-order valence-corrected chi connectivity index (χ4v) is 9.66. The molecule has 3 saturated heterocycles.